The number of carbonyl (C=O) groups excluding carboxylic acids is 4. The first kappa shape index (κ1) is 53.1. The summed E-state index contributed by atoms with van der Waals surface area (Å²) < 4.78 is 12.5. The van der Waals surface area contributed by atoms with E-state index < -0.39 is 19.8 Å². The molecule has 1 aromatic rings. The minimum absolute atomic E-state index is 0.107. The molecule has 0 saturated carbocycles. The Morgan fingerprint density at radius 2 is 1.24 bits per heavy atom. The summed E-state index contributed by atoms with van der Waals surface area (Å²) in [6, 6.07) is 0. The molecule has 0 radical (unpaired) electrons. The summed E-state index contributed by atoms with van der Waals surface area (Å²) >= 11 is -0.707. The molecule has 0 spiro atoms. The molecule has 10 heteroatoms. The van der Waals surface area contributed by atoms with Crippen molar-refractivity contribution in [3.05, 3.63) is 43.2 Å². The third-order valence-electron chi connectivity index (χ3n) is 11.0. The number of allylic oxidation sites excluding steroid dienone is 4. The number of hydrogen-bond donors (Lipinski definition) is 0. The fourth-order valence-corrected chi connectivity index (χ4v) is 13.9. The molecule has 1 aromatic heterocycles. The van der Waals surface area contributed by atoms with Crippen LogP contribution >= 0.6 is 31.2 Å². The van der Waals surface area contributed by atoms with Crippen LogP contribution in [0.25, 0.3) is 0 Å². The van der Waals surface area contributed by atoms with E-state index in [0.717, 1.165) is 96.9 Å². The van der Waals surface area contributed by atoms with Gasteiger partial charge in [0.25, 0.3) is 0 Å². The zero-order valence-electron chi connectivity index (χ0n) is 38.1. The van der Waals surface area contributed by atoms with Crippen molar-refractivity contribution in [3.8, 4) is 0 Å². The Kier molecular flexibility index (Phi) is 31.1. The van der Waals surface area contributed by atoms with E-state index in [1.54, 1.807) is 11.3 Å². The molecule has 8 nitrogen and oxygen atoms in total. The summed E-state index contributed by atoms with van der Waals surface area (Å²) in [4.78, 5) is 59.9. The number of hydrogen-bond acceptors (Lipinski definition) is 8. The van der Waals surface area contributed by atoms with Crippen molar-refractivity contribution in [2.75, 3.05) is 45.3 Å². The van der Waals surface area contributed by atoms with Crippen LogP contribution in [-0.4, -0.2) is 76.8 Å². The van der Waals surface area contributed by atoms with Gasteiger partial charge in [-0.1, -0.05) is 71.3 Å². The standard InChI is InChI=1S/C49H83IN2O6S/c1-6-8-10-12-14-15-16-17-18-19-20-21-22-24-28-33-44(53)50(3)48-47(49(56)58-40-32-37-51(4)5)42-36-38-52(41-43(42)59-48)45(54)34-29-25-26-30-35-46(55)57-39-31-27-23-13-11-9-7-2/h14-15,17-18H,6-13,16,19-41H2,1-5H3/b15-14-,18-17-. The second-order valence-corrected chi connectivity index (χ2v) is 23.4. The van der Waals surface area contributed by atoms with Gasteiger partial charge in [0.15, 0.2) is 0 Å². The third kappa shape index (κ3) is 24.2. The molecular formula is C49H83IN2O6S. The van der Waals surface area contributed by atoms with Gasteiger partial charge in [-0.25, -0.2) is 0 Å². The fourth-order valence-electron chi connectivity index (χ4n) is 7.29. The molecule has 1 aliphatic heterocycles. The van der Waals surface area contributed by atoms with E-state index >= 15 is 0 Å². The van der Waals surface area contributed by atoms with Gasteiger partial charge in [-0.3, -0.25) is 4.79 Å². The first-order valence-electron chi connectivity index (χ1n) is 23.5. The zero-order chi connectivity index (χ0) is 42.9. The van der Waals surface area contributed by atoms with Crippen molar-refractivity contribution < 1.29 is 28.7 Å². The molecule has 0 N–H and O–H groups in total. The summed E-state index contributed by atoms with van der Waals surface area (Å²) in [5.41, 5.74) is 1.64. The molecule has 59 heavy (non-hydrogen) atoms. The number of ether oxygens (including phenoxy) is 2. The molecule has 0 fully saturated rings. The maximum absolute atomic E-state index is 13.6. The molecule has 0 aromatic carbocycles. The molecule has 0 unspecified atom stereocenters. The Morgan fingerprint density at radius 3 is 1.92 bits per heavy atom. The normalized spacial score (nSPS) is 13.1. The van der Waals surface area contributed by atoms with Gasteiger partial charge in [0, 0.05) is 0 Å². The van der Waals surface area contributed by atoms with Crippen LogP contribution in [0.1, 0.15) is 202 Å². The van der Waals surface area contributed by atoms with Crippen LogP contribution in [0, 0.1) is 2.88 Å². The predicted octanol–water partition coefficient (Wildman–Crippen LogP) is 13.0. The topological polar surface area (TPSA) is 93.2 Å². The van der Waals surface area contributed by atoms with Crippen LogP contribution < -0.4 is 0 Å². The molecule has 1 amide bonds. The van der Waals surface area contributed by atoms with Crippen LogP contribution in [0.5, 0.6) is 0 Å². The average Bonchev–Trinajstić information content (AvgIpc) is 3.61. The third-order valence-corrected chi connectivity index (χ3v) is 18.6. The second-order valence-electron chi connectivity index (χ2n) is 16.6. The number of fused-ring (bicyclic) bond motifs is 1. The molecule has 1 aliphatic rings. The number of carbonyl (C=O) groups is 4. The van der Waals surface area contributed by atoms with Crippen molar-refractivity contribution in [1.29, 1.82) is 0 Å². The van der Waals surface area contributed by atoms with E-state index in [1.165, 1.54) is 70.6 Å². The van der Waals surface area contributed by atoms with E-state index in [2.05, 4.69) is 48.0 Å². The molecule has 0 saturated heterocycles. The van der Waals surface area contributed by atoms with Crippen LogP contribution in [-0.2, 0) is 36.8 Å². The Morgan fingerprint density at radius 1 is 0.678 bits per heavy atom. The molecule has 0 bridgehead atoms. The molecule has 0 atom stereocenters. The summed E-state index contributed by atoms with van der Waals surface area (Å²) in [5, 5.41) is 0. The molecule has 2 rings (SSSR count). The Hall–Kier alpha value is -2.05. The first-order valence-corrected chi connectivity index (χ1v) is 28.6. The van der Waals surface area contributed by atoms with Gasteiger partial charge in [0.2, 0.25) is 0 Å². The number of esters is 2. The summed E-state index contributed by atoms with van der Waals surface area (Å²) in [6.07, 6.45) is 36.6. The number of halogens is 1. The van der Waals surface area contributed by atoms with Gasteiger partial charge < -0.3 is 4.74 Å². The Bertz CT molecular complexity index is 1370. The molecule has 0 aliphatic carbocycles. The van der Waals surface area contributed by atoms with E-state index in [1.807, 2.05) is 19.0 Å². The molecule has 338 valence electrons. The van der Waals surface area contributed by atoms with Crippen LogP contribution in [0.4, 0.5) is 0 Å². The quantitative estimate of drug-likeness (QED) is 0.0165. The number of alkyl halides is 1. The van der Waals surface area contributed by atoms with Crippen molar-refractivity contribution in [2.24, 2.45) is 0 Å². The predicted molar refractivity (Wildman–Crippen MR) is 257 cm³/mol. The second kappa shape index (κ2) is 34.5. The number of rotatable bonds is 36. The van der Waals surface area contributed by atoms with Crippen LogP contribution in [0.3, 0.4) is 0 Å². The molecular weight excluding hydrogens is 872 g/mol. The monoisotopic (exact) mass is 955 g/mol. The SMILES string of the molecule is CCCCC/C=C\C/C=C\CCCCCCCC(=O)I(C)c1sc2c(c1C(=O)OCCCN(C)C)CCN(C(=O)CCCCCCC(=O)OCCCCCCCCC)C2. The summed E-state index contributed by atoms with van der Waals surface area (Å²) in [6.45, 7) is 7.25. The number of unbranched alkanes of at least 4 members (excludes halogenated alkanes) is 17. The van der Waals surface area contributed by atoms with E-state index in [9.17, 15) is 19.2 Å². The molecule has 2 heterocycles. The fraction of sp³-hybridized carbons (Fsp3) is 0.755. The van der Waals surface area contributed by atoms with Gasteiger partial charge in [-0.2, -0.15) is 0 Å². The van der Waals surface area contributed by atoms with Gasteiger partial charge >= 0.3 is 267 Å². The number of amides is 1. The van der Waals surface area contributed by atoms with E-state index in [-0.39, 0.29) is 17.8 Å². The van der Waals surface area contributed by atoms with Crippen molar-refractivity contribution in [1.82, 2.24) is 9.80 Å². The van der Waals surface area contributed by atoms with Crippen molar-refractivity contribution in [3.63, 3.8) is 0 Å². The average molecular weight is 955 g/mol. The van der Waals surface area contributed by atoms with E-state index in [0.29, 0.717) is 61.3 Å². The first-order chi connectivity index (χ1) is 28.7. The Balaban J connectivity index is 1.80. The van der Waals surface area contributed by atoms with Gasteiger partial charge in [0.1, 0.15) is 0 Å². The zero-order valence-corrected chi connectivity index (χ0v) is 41.0. The van der Waals surface area contributed by atoms with Crippen LogP contribution in [0.2, 0.25) is 0 Å². The summed E-state index contributed by atoms with van der Waals surface area (Å²) in [5.74, 6) is -0.271. The van der Waals surface area contributed by atoms with E-state index in [4.69, 9.17) is 9.47 Å². The van der Waals surface area contributed by atoms with Gasteiger partial charge in [0.05, 0.1) is 6.61 Å². The maximum atomic E-state index is 13.6. The summed E-state index contributed by atoms with van der Waals surface area (Å²) in [7, 11) is 4.01. The van der Waals surface area contributed by atoms with Crippen LogP contribution in [0.15, 0.2) is 24.3 Å². The van der Waals surface area contributed by atoms with Gasteiger partial charge in [-0.15, -0.1) is 0 Å². The number of thiophene rings is 1. The minimum atomic E-state index is -2.30. The Labute approximate surface area is 371 Å². The van der Waals surface area contributed by atoms with Crippen molar-refractivity contribution in [2.45, 2.75) is 194 Å². The number of nitrogens with zero attached hydrogens (tertiary/aromatic N) is 2. The van der Waals surface area contributed by atoms with Crippen molar-refractivity contribution >= 4 is 52.8 Å². The van der Waals surface area contributed by atoms with Gasteiger partial charge in [-0.05, 0) is 19.3 Å².